The van der Waals surface area contributed by atoms with E-state index < -0.39 is 5.97 Å². The highest BCUT2D eigenvalue weighted by Crippen LogP contribution is 2.16. The van der Waals surface area contributed by atoms with Gasteiger partial charge in [-0.25, -0.2) is 4.79 Å². The third-order valence-electron chi connectivity index (χ3n) is 2.35. The van der Waals surface area contributed by atoms with E-state index in [0.717, 1.165) is 0 Å². The third kappa shape index (κ3) is 4.27. The summed E-state index contributed by atoms with van der Waals surface area (Å²) in [6, 6.07) is 3.22. The molecule has 0 saturated carbocycles. The van der Waals surface area contributed by atoms with E-state index >= 15 is 0 Å². The average molecular weight is 263 g/mol. The van der Waals surface area contributed by atoms with E-state index in [1.54, 1.807) is 7.05 Å². The van der Waals surface area contributed by atoms with Crippen LogP contribution in [0.4, 0.5) is 0 Å². The molecule has 1 heterocycles. The number of likely N-dealkylation sites (N-methyl/N-ethyl adjacent to an activating group) is 1. The number of pyridine rings is 1. The van der Waals surface area contributed by atoms with Gasteiger partial charge in [0.15, 0.2) is 12.4 Å². The van der Waals surface area contributed by atoms with Crippen molar-refractivity contribution in [3.05, 3.63) is 24.0 Å². The van der Waals surface area contributed by atoms with Crippen LogP contribution in [0.25, 0.3) is 0 Å². The number of rotatable bonds is 6. The molecule has 1 aromatic heterocycles. The largest absolute Gasteiger partial charge is 0.481 e. The molecule has 0 aliphatic carbocycles. The van der Waals surface area contributed by atoms with Crippen LogP contribution in [-0.4, -0.2) is 47.1 Å². The zero-order valence-corrected chi connectivity index (χ0v) is 10.4. The van der Waals surface area contributed by atoms with Crippen LogP contribution >= 0.6 is 0 Å². The van der Waals surface area contributed by atoms with Gasteiger partial charge in [0.2, 0.25) is 0 Å². The lowest BCUT2D eigenvalue weighted by Crippen LogP contribution is -2.32. The van der Waals surface area contributed by atoms with E-state index in [1.807, 2.05) is 6.07 Å². The van der Waals surface area contributed by atoms with Crippen molar-refractivity contribution >= 4 is 11.9 Å². The van der Waals surface area contributed by atoms with Crippen molar-refractivity contribution in [2.24, 2.45) is 0 Å². The Hall–Kier alpha value is -2.62. The molecule has 0 radical (unpaired) electrons. The van der Waals surface area contributed by atoms with Crippen molar-refractivity contribution in [1.82, 2.24) is 9.88 Å². The van der Waals surface area contributed by atoms with Gasteiger partial charge in [0.25, 0.3) is 5.91 Å². The number of hydrogen-bond donors (Lipinski definition) is 1. The molecule has 0 bridgehead atoms. The number of carbonyl (C=O) groups is 2. The molecular formula is C12H13N3O4. The molecule has 0 aliphatic heterocycles. The number of ether oxygens (including phenoxy) is 1. The lowest BCUT2D eigenvalue weighted by molar-refractivity contribution is -0.132. The van der Waals surface area contributed by atoms with Crippen molar-refractivity contribution < 1.29 is 19.4 Å². The molecule has 1 rings (SSSR count). The van der Waals surface area contributed by atoms with Gasteiger partial charge in [-0.1, -0.05) is 0 Å². The smallest absolute Gasteiger partial charge is 0.339 e. The van der Waals surface area contributed by atoms with Crippen molar-refractivity contribution in [2.75, 3.05) is 20.2 Å². The van der Waals surface area contributed by atoms with Crippen LogP contribution < -0.4 is 4.74 Å². The SMILES string of the molecule is CN(CCC#N)C(=O)COc1cnccc1C(=O)O. The summed E-state index contributed by atoms with van der Waals surface area (Å²) in [5.41, 5.74) is -0.0533. The maximum Gasteiger partial charge on any atom is 0.339 e. The first-order valence-electron chi connectivity index (χ1n) is 5.47. The molecule has 1 amide bonds. The molecule has 1 N–H and O–H groups in total. The first-order valence-corrected chi connectivity index (χ1v) is 5.47. The predicted molar refractivity (Wildman–Crippen MR) is 64.6 cm³/mol. The van der Waals surface area contributed by atoms with Crippen LogP contribution in [0, 0.1) is 11.3 Å². The Bertz CT molecular complexity index is 510. The maximum atomic E-state index is 11.6. The number of nitrogens with zero attached hydrogens (tertiary/aromatic N) is 3. The second kappa shape index (κ2) is 6.96. The molecule has 19 heavy (non-hydrogen) atoms. The standard InChI is InChI=1S/C12H13N3O4/c1-15(6-2-4-13)11(16)8-19-10-7-14-5-3-9(10)12(17)18/h3,5,7H,2,6,8H2,1H3,(H,17,18). The summed E-state index contributed by atoms with van der Waals surface area (Å²) >= 11 is 0. The molecule has 0 atom stereocenters. The van der Waals surface area contributed by atoms with Crippen molar-refractivity contribution in [3.8, 4) is 11.8 Å². The van der Waals surface area contributed by atoms with E-state index in [9.17, 15) is 9.59 Å². The van der Waals surface area contributed by atoms with E-state index in [1.165, 1.54) is 23.4 Å². The molecule has 7 nitrogen and oxygen atoms in total. The highest BCUT2D eigenvalue weighted by atomic mass is 16.5. The summed E-state index contributed by atoms with van der Waals surface area (Å²) in [4.78, 5) is 27.6. The average Bonchev–Trinajstić information content (AvgIpc) is 2.42. The van der Waals surface area contributed by atoms with Crippen LogP contribution in [0.2, 0.25) is 0 Å². The molecule has 7 heteroatoms. The van der Waals surface area contributed by atoms with Crippen LogP contribution in [0.5, 0.6) is 5.75 Å². The summed E-state index contributed by atoms with van der Waals surface area (Å²) in [5.74, 6) is -1.45. The molecule has 0 aliphatic rings. The van der Waals surface area contributed by atoms with Gasteiger partial charge in [-0.3, -0.25) is 9.78 Å². The topological polar surface area (TPSA) is 104 Å². The zero-order chi connectivity index (χ0) is 14.3. The lowest BCUT2D eigenvalue weighted by Gasteiger charge is -2.16. The quantitative estimate of drug-likeness (QED) is 0.802. The molecule has 0 fully saturated rings. The summed E-state index contributed by atoms with van der Waals surface area (Å²) in [7, 11) is 1.55. The Labute approximate surface area is 110 Å². The number of amides is 1. The number of carboxylic acid groups (broad SMARTS) is 1. The summed E-state index contributed by atoms with van der Waals surface area (Å²) in [6.07, 6.45) is 2.80. The number of hydrogen-bond acceptors (Lipinski definition) is 5. The third-order valence-corrected chi connectivity index (χ3v) is 2.35. The Kier molecular flexibility index (Phi) is 5.29. The van der Waals surface area contributed by atoms with Crippen molar-refractivity contribution in [3.63, 3.8) is 0 Å². The molecule has 1 aromatic rings. The Balaban J connectivity index is 2.60. The number of aromatic carboxylic acids is 1. The van der Waals surface area contributed by atoms with Crippen LogP contribution in [0.1, 0.15) is 16.8 Å². The number of nitriles is 1. The molecular weight excluding hydrogens is 250 g/mol. The number of carbonyl (C=O) groups excluding carboxylic acids is 1. The Morgan fingerprint density at radius 2 is 2.32 bits per heavy atom. The first kappa shape index (κ1) is 14.4. The van der Waals surface area contributed by atoms with Crippen LogP contribution in [0.3, 0.4) is 0 Å². The zero-order valence-electron chi connectivity index (χ0n) is 10.4. The summed E-state index contributed by atoms with van der Waals surface area (Å²) in [6.45, 7) is 0.00538. The predicted octanol–water partition coefficient (Wildman–Crippen LogP) is 0.531. The summed E-state index contributed by atoms with van der Waals surface area (Å²) < 4.78 is 5.14. The monoisotopic (exact) mass is 263 g/mol. The van der Waals surface area contributed by atoms with Gasteiger partial charge in [-0.15, -0.1) is 0 Å². The molecule has 100 valence electrons. The van der Waals surface area contributed by atoms with Gasteiger partial charge in [0.1, 0.15) is 5.56 Å². The van der Waals surface area contributed by atoms with Crippen molar-refractivity contribution in [2.45, 2.75) is 6.42 Å². The lowest BCUT2D eigenvalue weighted by atomic mass is 10.2. The minimum atomic E-state index is -1.15. The fourth-order valence-corrected chi connectivity index (χ4v) is 1.26. The fraction of sp³-hybridized carbons (Fsp3) is 0.333. The van der Waals surface area contributed by atoms with Gasteiger partial charge in [-0.2, -0.15) is 5.26 Å². The van der Waals surface area contributed by atoms with Gasteiger partial charge >= 0.3 is 5.97 Å². The van der Waals surface area contributed by atoms with E-state index in [0.29, 0.717) is 6.54 Å². The number of aromatic nitrogens is 1. The van der Waals surface area contributed by atoms with Gasteiger partial charge < -0.3 is 14.7 Å². The molecule has 0 unspecified atom stereocenters. The second-order valence-electron chi connectivity index (χ2n) is 3.69. The molecule has 0 saturated heterocycles. The Morgan fingerprint density at radius 1 is 1.58 bits per heavy atom. The van der Waals surface area contributed by atoms with E-state index in [4.69, 9.17) is 15.1 Å². The molecule has 0 spiro atoms. The van der Waals surface area contributed by atoms with Crippen molar-refractivity contribution in [1.29, 1.82) is 5.26 Å². The number of carboxylic acids is 1. The second-order valence-corrected chi connectivity index (χ2v) is 3.69. The minimum absolute atomic E-state index is 0.0389. The summed E-state index contributed by atoms with van der Waals surface area (Å²) in [5, 5.41) is 17.3. The Morgan fingerprint density at radius 3 is 2.95 bits per heavy atom. The van der Waals surface area contributed by atoms with Gasteiger partial charge in [-0.05, 0) is 6.07 Å². The minimum Gasteiger partial charge on any atom is -0.481 e. The van der Waals surface area contributed by atoms with E-state index in [2.05, 4.69) is 4.98 Å². The highest BCUT2D eigenvalue weighted by molar-refractivity contribution is 5.90. The molecule has 0 aromatic carbocycles. The van der Waals surface area contributed by atoms with Gasteiger partial charge in [0.05, 0.1) is 18.7 Å². The van der Waals surface area contributed by atoms with Gasteiger partial charge in [0, 0.05) is 19.8 Å². The first-order chi connectivity index (χ1) is 9.06. The van der Waals surface area contributed by atoms with E-state index in [-0.39, 0.29) is 30.2 Å². The highest BCUT2D eigenvalue weighted by Gasteiger charge is 2.14. The van der Waals surface area contributed by atoms with Crippen LogP contribution in [0.15, 0.2) is 18.5 Å². The fourth-order valence-electron chi connectivity index (χ4n) is 1.26. The normalized spacial score (nSPS) is 9.47. The van der Waals surface area contributed by atoms with Crippen LogP contribution in [-0.2, 0) is 4.79 Å². The maximum absolute atomic E-state index is 11.6.